The lowest BCUT2D eigenvalue weighted by atomic mass is 10.1. The molecule has 3 aromatic heterocycles. The Labute approximate surface area is 220 Å². The Bertz CT molecular complexity index is 1610. The Hall–Kier alpha value is -4.18. The quantitative estimate of drug-likeness (QED) is 0.444. The molecule has 1 aromatic carbocycles. The van der Waals surface area contributed by atoms with E-state index < -0.39 is 0 Å². The highest BCUT2D eigenvalue weighted by atomic mass is 16.5. The van der Waals surface area contributed by atoms with Gasteiger partial charge in [0.2, 0.25) is 0 Å². The van der Waals surface area contributed by atoms with Gasteiger partial charge >= 0.3 is 0 Å². The fraction of sp³-hybridized carbons (Fsp3) is 0.357. The number of carbonyl (C=O) groups excluding carboxylic acids is 1. The summed E-state index contributed by atoms with van der Waals surface area (Å²) in [5.74, 6) is 0.890. The summed E-state index contributed by atoms with van der Waals surface area (Å²) >= 11 is 0. The highest BCUT2D eigenvalue weighted by molar-refractivity contribution is 6.10. The van der Waals surface area contributed by atoms with E-state index in [0.29, 0.717) is 55.4 Å². The van der Waals surface area contributed by atoms with E-state index in [9.17, 15) is 4.79 Å². The lowest BCUT2D eigenvalue weighted by molar-refractivity contribution is 0.0709. The summed E-state index contributed by atoms with van der Waals surface area (Å²) in [7, 11) is 1.65. The molecule has 2 N–H and O–H groups in total. The number of nitrogens with two attached hydrogens (primary N) is 1. The topological polar surface area (TPSA) is 113 Å². The van der Waals surface area contributed by atoms with Gasteiger partial charge in [0.05, 0.1) is 56.2 Å². The molecule has 0 saturated carbocycles. The van der Waals surface area contributed by atoms with Crippen molar-refractivity contribution in [2.45, 2.75) is 40.3 Å². The number of carbonyl (C=O) groups is 1. The number of fused-ring (bicyclic) bond motifs is 2. The maximum absolute atomic E-state index is 14.2. The standard InChI is InChI=1S/C28H31N7O3/c1-16-5-6-21(37-4)17(2)25(16)35-26(29)22(28(36)33-11-12-34-20(15-33)7-10-30-34)24-27(35)31-18(3)23(32-24)19-8-13-38-14-9-19/h5-8,10H,9,11-15,29H2,1-4H3. The number of methoxy groups -OCH3 is 1. The highest BCUT2D eigenvalue weighted by Crippen LogP contribution is 2.37. The van der Waals surface area contributed by atoms with E-state index >= 15 is 0 Å². The van der Waals surface area contributed by atoms with Crippen LogP contribution in [0, 0.1) is 20.8 Å². The van der Waals surface area contributed by atoms with Crippen molar-refractivity contribution in [2.24, 2.45) is 0 Å². The molecule has 38 heavy (non-hydrogen) atoms. The molecular weight excluding hydrogens is 482 g/mol. The summed E-state index contributed by atoms with van der Waals surface area (Å²) in [5, 5.41) is 4.34. The second-order valence-electron chi connectivity index (χ2n) is 9.81. The predicted molar refractivity (Wildman–Crippen MR) is 144 cm³/mol. The number of ether oxygens (including phenoxy) is 2. The molecule has 2 aliphatic rings. The van der Waals surface area contributed by atoms with Crippen LogP contribution in [0.4, 0.5) is 5.82 Å². The van der Waals surface area contributed by atoms with Gasteiger partial charge in [0.25, 0.3) is 5.91 Å². The van der Waals surface area contributed by atoms with Crippen LogP contribution in [0.1, 0.15) is 45.0 Å². The van der Waals surface area contributed by atoms with Crippen LogP contribution in [-0.4, -0.2) is 62.0 Å². The highest BCUT2D eigenvalue weighted by Gasteiger charge is 2.32. The molecule has 0 fully saturated rings. The number of aromatic nitrogens is 5. The zero-order chi connectivity index (χ0) is 26.6. The minimum Gasteiger partial charge on any atom is -0.496 e. The van der Waals surface area contributed by atoms with Crippen molar-refractivity contribution in [3.63, 3.8) is 0 Å². The van der Waals surface area contributed by atoms with E-state index in [4.69, 9.17) is 25.2 Å². The number of nitrogen functional groups attached to an aromatic ring is 1. The first-order valence-electron chi connectivity index (χ1n) is 12.8. The van der Waals surface area contributed by atoms with Crippen LogP contribution < -0.4 is 10.5 Å². The van der Waals surface area contributed by atoms with E-state index in [1.54, 1.807) is 13.3 Å². The third-order valence-corrected chi connectivity index (χ3v) is 7.53. The molecular formula is C28H31N7O3. The first kappa shape index (κ1) is 24.2. The van der Waals surface area contributed by atoms with Crippen LogP contribution in [-0.2, 0) is 17.8 Å². The van der Waals surface area contributed by atoms with Crippen LogP contribution in [0.2, 0.25) is 0 Å². The number of hydrogen-bond donors (Lipinski definition) is 1. The van der Waals surface area contributed by atoms with Gasteiger partial charge in [-0.3, -0.25) is 14.0 Å². The molecule has 2 aliphatic heterocycles. The molecule has 1 amide bonds. The molecule has 0 spiro atoms. The monoisotopic (exact) mass is 513 g/mol. The Kier molecular flexibility index (Phi) is 5.91. The Balaban J connectivity index is 1.59. The van der Waals surface area contributed by atoms with Crippen LogP contribution >= 0.6 is 0 Å². The molecule has 4 aromatic rings. The predicted octanol–water partition coefficient (Wildman–Crippen LogP) is 3.59. The second kappa shape index (κ2) is 9.29. The fourth-order valence-electron chi connectivity index (χ4n) is 5.56. The zero-order valence-corrected chi connectivity index (χ0v) is 22.1. The molecule has 0 aliphatic carbocycles. The van der Waals surface area contributed by atoms with Crippen molar-refractivity contribution in [3.05, 3.63) is 64.2 Å². The van der Waals surface area contributed by atoms with E-state index in [-0.39, 0.29) is 5.91 Å². The molecule has 0 bridgehead atoms. The van der Waals surface area contributed by atoms with Crippen molar-refractivity contribution >= 4 is 28.5 Å². The minimum atomic E-state index is -0.165. The normalized spacial score (nSPS) is 15.5. The van der Waals surface area contributed by atoms with Crippen LogP contribution in [0.3, 0.4) is 0 Å². The first-order chi connectivity index (χ1) is 18.4. The maximum atomic E-state index is 14.2. The SMILES string of the molecule is COc1ccc(C)c(-n2c(N)c(C(=O)N3CCn4nccc4C3)c3nc(C4=CCOCC4)c(C)nc32)c1C. The van der Waals surface area contributed by atoms with Crippen molar-refractivity contribution in [3.8, 4) is 11.4 Å². The number of hydrogen-bond acceptors (Lipinski definition) is 7. The van der Waals surface area contributed by atoms with Gasteiger partial charge in [0.15, 0.2) is 5.65 Å². The summed E-state index contributed by atoms with van der Waals surface area (Å²) in [6, 6.07) is 5.86. The molecule has 196 valence electrons. The van der Waals surface area contributed by atoms with Gasteiger partial charge in [-0.1, -0.05) is 12.1 Å². The maximum Gasteiger partial charge on any atom is 0.260 e. The molecule has 0 radical (unpaired) electrons. The van der Waals surface area contributed by atoms with Crippen molar-refractivity contribution < 1.29 is 14.3 Å². The minimum absolute atomic E-state index is 0.165. The van der Waals surface area contributed by atoms with Gasteiger partial charge in [-0.05, 0) is 50.5 Å². The Morgan fingerprint density at radius 2 is 1.97 bits per heavy atom. The molecule has 0 unspecified atom stereocenters. The summed E-state index contributed by atoms with van der Waals surface area (Å²) in [4.78, 5) is 26.1. The zero-order valence-electron chi connectivity index (χ0n) is 22.1. The Morgan fingerprint density at radius 1 is 1.13 bits per heavy atom. The van der Waals surface area contributed by atoms with Crippen LogP contribution in [0.5, 0.6) is 5.75 Å². The molecule has 10 heteroatoms. The molecule has 0 atom stereocenters. The summed E-state index contributed by atoms with van der Waals surface area (Å²) in [6.07, 6.45) is 4.54. The summed E-state index contributed by atoms with van der Waals surface area (Å²) in [5.41, 5.74) is 14.7. The lowest BCUT2D eigenvalue weighted by Gasteiger charge is -2.27. The van der Waals surface area contributed by atoms with Gasteiger partial charge in [-0.15, -0.1) is 0 Å². The number of amides is 1. The Morgan fingerprint density at radius 3 is 2.74 bits per heavy atom. The first-order valence-corrected chi connectivity index (χ1v) is 12.8. The smallest absolute Gasteiger partial charge is 0.260 e. The van der Waals surface area contributed by atoms with Crippen molar-refractivity contribution in [1.29, 1.82) is 0 Å². The van der Waals surface area contributed by atoms with Gasteiger partial charge in [-0.25, -0.2) is 9.97 Å². The average Bonchev–Trinajstić information content (AvgIpc) is 3.50. The summed E-state index contributed by atoms with van der Waals surface area (Å²) in [6.45, 7) is 8.73. The number of benzene rings is 1. The average molecular weight is 514 g/mol. The van der Waals surface area contributed by atoms with E-state index in [1.165, 1.54) is 0 Å². The number of aryl methyl sites for hydroxylation is 2. The summed E-state index contributed by atoms with van der Waals surface area (Å²) < 4.78 is 14.9. The largest absolute Gasteiger partial charge is 0.496 e. The van der Waals surface area contributed by atoms with Gasteiger partial charge < -0.3 is 20.1 Å². The van der Waals surface area contributed by atoms with E-state index in [1.807, 2.05) is 59.2 Å². The second-order valence-corrected chi connectivity index (χ2v) is 9.81. The van der Waals surface area contributed by atoms with Gasteiger partial charge in [0.1, 0.15) is 22.6 Å². The molecule has 6 rings (SSSR count). The van der Waals surface area contributed by atoms with E-state index in [2.05, 4.69) is 5.10 Å². The number of rotatable bonds is 4. The number of anilines is 1. The van der Waals surface area contributed by atoms with E-state index in [0.717, 1.165) is 51.6 Å². The van der Waals surface area contributed by atoms with Crippen molar-refractivity contribution in [2.75, 3.05) is 32.6 Å². The van der Waals surface area contributed by atoms with Gasteiger partial charge in [-0.2, -0.15) is 5.10 Å². The fourth-order valence-corrected chi connectivity index (χ4v) is 5.56. The van der Waals surface area contributed by atoms with Gasteiger partial charge in [0, 0.05) is 18.3 Å². The van der Waals surface area contributed by atoms with Crippen molar-refractivity contribution in [1.82, 2.24) is 29.2 Å². The third kappa shape index (κ3) is 3.75. The molecule has 10 nitrogen and oxygen atoms in total. The third-order valence-electron chi connectivity index (χ3n) is 7.53. The van der Waals surface area contributed by atoms with Crippen LogP contribution in [0.15, 0.2) is 30.5 Å². The number of nitrogens with zero attached hydrogens (tertiary/aromatic N) is 6. The molecule has 5 heterocycles. The van der Waals surface area contributed by atoms with Crippen LogP contribution in [0.25, 0.3) is 22.4 Å². The lowest BCUT2D eigenvalue weighted by Crippen LogP contribution is -2.38. The molecule has 0 saturated heterocycles.